The van der Waals surface area contributed by atoms with Gasteiger partial charge in [0.15, 0.2) is 0 Å². The molecule has 0 saturated carbocycles. The fraction of sp³-hybridized carbons (Fsp3) is 0.200. The SMILES string of the molecule is CON1[CH]C=CN=C1. The Labute approximate surface area is 48.2 Å². The third kappa shape index (κ3) is 1.07. The average molecular weight is 111 g/mol. The van der Waals surface area contributed by atoms with Crippen LogP contribution < -0.4 is 0 Å². The molecule has 0 aromatic heterocycles. The lowest BCUT2D eigenvalue weighted by Gasteiger charge is -2.13. The molecule has 0 spiro atoms. The summed E-state index contributed by atoms with van der Waals surface area (Å²) in [5.74, 6) is 0. The lowest BCUT2D eigenvalue weighted by atomic mass is 10.5. The van der Waals surface area contributed by atoms with Crippen molar-refractivity contribution in [2.24, 2.45) is 4.99 Å². The second-order valence-corrected chi connectivity index (χ2v) is 1.30. The second kappa shape index (κ2) is 2.47. The summed E-state index contributed by atoms with van der Waals surface area (Å²) < 4.78 is 0. The van der Waals surface area contributed by atoms with Gasteiger partial charge in [0.25, 0.3) is 0 Å². The van der Waals surface area contributed by atoms with E-state index in [-0.39, 0.29) is 0 Å². The summed E-state index contributed by atoms with van der Waals surface area (Å²) in [7, 11) is 1.58. The number of rotatable bonds is 1. The number of hydrogen-bond acceptors (Lipinski definition) is 3. The molecule has 0 amide bonds. The number of hydrogen-bond donors (Lipinski definition) is 0. The molecule has 1 radical (unpaired) electrons. The molecule has 0 N–H and O–H groups in total. The van der Waals surface area contributed by atoms with Crippen molar-refractivity contribution in [1.82, 2.24) is 5.06 Å². The first-order valence-corrected chi connectivity index (χ1v) is 2.29. The van der Waals surface area contributed by atoms with Crippen molar-refractivity contribution in [3.05, 3.63) is 18.8 Å². The highest BCUT2D eigenvalue weighted by Crippen LogP contribution is 1.95. The molecule has 8 heavy (non-hydrogen) atoms. The van der Waals surface area contributed by atoms with E-state index in [1.54, 1.807) is 32.3 Å². The smallest absolute Gasteiger partial charge is 0.116 e. The number of hydroxylamine groups is 2. The Morgan fingerprint density at radius 1 is 1.62 bits per heavy atom. The molecule has 0 aromatic rings. The van der Waals surface area contributed by atoms with Crippen LogP contribution in [-0.4, -0.2) is 18.5 Å². The van der Waals surface area contributed by atoms with E-state index >= 15 is 0 Å². The van der Waals surface area contributed by atoms with Crippen LogP contribution in [-0.2, 0) is 4.84 Å². The summed E-state index contributed by atoms with van der Waals surface area (Å²) in [5.41, 5.74) is 0. The van der Waals surface area contributed by atoms with Crippen LogP contribution in [0.2, 0.25) is 0 Å². The highest BCUT2D eigenvalue weighted by atomic mass is 16.7. The van der Waals surface area contributed by atoms with Crippen LogP contribution in [0, 0.1) is 6.54 Å². The molecular formula is C5H7N2O. The van der Waals surface area contributed by atoms with Gasteiger partial charge >= 0.3 is 0 Å². The normalized spacial score (nSPS) is 17.4. The first-order valence-electron chi connectivity index (χ1n) is 2.29. The Bertz CT molecular complexity index is 120. The lowest BCUT2D eigenvalue weighted by Crippen LogP contribution is -2.17. The van der Waals surface area contributed by atoms with Gasteiger partial charge in [0.1, 0.15) is 12.9 Å². The van der Waals surface area contributed by atoms with Gasteiger partial charge in [-0.1, -0.05) is 0 Å². The zero-order valence-electron chi connectivity index (χ0n) is 4.61. The Kier molecular flexibility index (Phi) is 1.64. The van der Waals surface area contributed by atoms with Crippen LogP contribution in [0.4, 0.5) is 0 Å². The zero-order chi connectivity index (χ0) is 5.82. The van der Waals surface area contributed by atoms with Crippen molar-refractivity contribution in [3.63, 3.8) is 0 Å². The van der Waals surface area contributed by atoms with Gasteiger partial charge < -0.3 is 0 Å². The van der Waals surface area contributed by atoms with Crippen molar-refractivity contribution >= 4 is 6.34 Å². The average Bonchev–Trinajstić information content (AvgIpc) is 1.90. The highest BCUT2D eigenvalue weighted by molar-refractivity contribution is 5.57. The second-order valence-electron chi connectivity index (χ2n) is 1.30. The van der Waals surface area contributed by atoms with Gasteiger partial charge in [-0.3, -0.25) is 4.84 Å². The first kappa shape index (κ1) is 5.31. The van der Waals surface area contributed by atoms with Crippen molar-refractivity contribution < 1.29 is 4.84 Å². The number of nitrogens with zero attached hydrogens (tertiary/aromatic N) is 2. The molecule has 3 heteroatoms. The fourth-order valence-electron chi connectivity index (χ4n) is 0.424. The third-order valence-corrected chi connectivity index (χ3v) is 0.796. The summed E-state index contributed by atoms with van der Waals surface area (Å²) >= 11 is 0. The van der Waals surface area contributed by atoms with Crippen LogP contribution in [0.15, 0.2) is 17.3 Å². The molecule has 0 aromatic carbocycles. The summed E-state index contributed by atoms with van der Waals surface area (Å²) in [6.45, 7) is 1.77. The molecule has 0 unspecified atom stereocenters. The molecule has 1 heterocycles. The predicted octanol–water partition coefficient (Wildman–Crippen LogP) is 0.567. The summed E-state index contributed by atoms with van der Waals surface area (Å²) in [6.07, 6.45) is 5.07. The third-order valence-electron chi connectivity index (χ3n) is 0.796. The molecular weight excluding hydrogens is 104 g/mol. The Hall–Kier alpha value is -0.830. The quantitative estimate of drug-likeness (QED) is 0.494. The fourth-order valence-corrected chi connectivity index (χ4v) is 0.424. The largest absolute Gasteiger partial charge is 0.275 e. The molecule has 0 atom stereocenters. The zero-order valence-corrected chi connectivity index (χ0v) is 4.61. The van der Waals surface area contributed by atoms with E-state index in [1.807, 2.05) is 0 Å². The highest BCUT2D eigenvalue weighted by Gasteiger charge is 1.95. The lowest BCUT2D eigenvalue weighted by molar-refractivity contribution is -0.0297. The van der Waals surface area contributed by atoms with E-state index in [0.717, 1.165) is 0 Å². The standard InChI is InChI=1S/C5H7N2O/c1-8-7-4-2-3-6-5-7/h2-5H,1H3. The Morgan fingerprint density at radius 2 is 2.50 bits per heavy atom. The minimum absolute atomic E-state index is 1.51. The van der Waals surface area contributed by atoms with Crippen LogP contribution in [0.3, 0.4) is 0 Å². The molecule has 0 aliphatic carbocycles. The maximum absolute atomic E-state index is 4.77. The van der Waals surface area contributed by atoms with Gasteiger partial charge in [0.2, 0.25) is 0 Å². The van der Waals surface area contributed by atoms with E-state index in [2.05, 4.69) is 4.99 Å². The summed E-state index contributed by atoms with van der Waals surface area (Å²) in [5, 5.41) is 1.51. The van der Waals surface area contributed by atoms with Crippen LogP contribution >= 0.6 is 0 Å². The van der Waals surface area contributed by atoms with Crippen molar-refractivity contribution in [2.45, 2.75) is 0 Å². The molecule has 0 saturated heterocycles. The van der Waals surface area contributed by atoms with Crippen LogP contribution in [0.25, 0.3) is 0 Å². The van der Waals surface area contributed by atoms with Gasteiger partial charge in [-0.25, -0.2) is 10.1 Å². The molecule has 1 aliphatic rings. The first-order chi connectivity index (χ1) is 3.93. The van der Waals surface area contributed by atoms with Crippen LogP contribution in [0.5, 0.6) is 0 Å². The molecule has 0 bridgehead atoms. The monoisotopic (exact) mass is 111 g/mol. The topological polar surface area (TPSA) is 24.8 Å². The van der Waals surface area contributed by atoms with Crippen molar-refractivity contribution in [2.75, 3.05) is 7.11 Å². The van der Waals surface area contributed by atoms with Gasteiger partial charge in [-0.2, -0.15) is 0 Å². The summed E-state index contributed by atoms with van der Waals surface area (Å²) in [4.78, 5) is 8.56. The Morgan fingerprint density at radius 3 is 2.88 bits per heavy atom. The van der Waals surface area contributed by atoms with Gasteiger partial charge in [-0.05, 0) is 6.08 Å². The van der Waals surface area contributed by atoms with E-state index in [0.29, 0.717) is 0 Å². The number of aliphatic imine (C=N–C) groups is 1. The minimum Gasteiger partial charge on any atom is -0.275 e. The summed E-state index contributed by atoms with van der Waals surface area (Å²) in [6, 6.07) is 0. The van der Waals surface area contributed by atoms with E-state index < -0.39 is 0 Å². The van der Waals surface area contributed by atoms with E-state index in [9.17, 15) is 0 Å². The molecule has 3 nitrogen and oxygen atoms in total. The van der Waals surface area contributed by atoms with Gasteiger partial charge in [-0.15, -0.1) is 0 Å². The molecule has 43 valence electrons. The Balaban J connectivity index is 2.40. The van der Waals surface area contributed by atoms with Crippen LogP contribution in [0.1, 0.15) is 0 Å². The van der Waals surface area contributed by atoms with E-state index in [1.165, 1.54) is 5.06 Å². The molecule has 0 fully saturated rings. The molecule has 1 aliphatic heterocycles. The molecule has 1 rings (SSSR count). The minimum atomic E-state index is 1.51. The van der Waals surface area contributed by atoms with Crippen molar-refractivity contribution in [1.29, 1.82) is 0 Å². The van der Waals surface area contributed by atoms with E-state index in [4.69, 9.17) is 4.84 Å². The maximum Gasteiger partial charge on any atom is 0.116 e. The van der Waals surface area contributed by atoms with Gasteiger partial charge in [0.05, 0.1) is 7.11 Å². The predicted molar refractivity (Wildman–Crippen MR) is 30.8 cm³/mol. The van der Waals surface area contributed by atoms with Gasteiger partial charge in [0, 0.05) is 6.20 Å². The maximum atomic E-state index is 4.77. The van der Waals surface area contributed by atoms with Crippen molar-refractivity contribution in [3.8, 4) is 0 Å².